The van der Waals surface area contributed by atoms with Gasteiger partial charge in [0.15, 0.2) is 0 Å². The van der Waals surface area contributed by atoms with Crippen molar-refractivity contribution < 1.29 is 0 Å². The van der Waals surface area contributed by atoms with E-state index in [1.54, 1.807) is 23.0 Å². The van der Waals surface area contributed by atoms with Crippen LogP contribution in [-0.4, -0.2) is 9.55 Å². The smallest absolute Gasteiger partial charge is 0.251 e. The van der Waals surface area contributed by atoms with E-state index in [9.17, 15) is 4.79 Å². The number of anilines is 1. The van der Waals surface area contributed by atoms with E-state index in [1.807, 2.05) is 12.3 Å². The van der Waals surface area contributed by atoms with Crippen molar-refractivity contribution in [3.8, 4) is 0 Å². The summed E-state index contributed by atoms with van der Waals surface area (Å²) >= 11 is 1.52. The zero-order valence-corrected chi connectivity index (χ0v) is 9.12. The Morgan fingerprint density at radius 1 is 1.60 bits per heavy atom. The molecule has 5 heteroatoms. The first-order valence-electron chi connectivity index (χ1n) is 4.52. The van der Waals surface area contributed by atoms with Crippen LogP contribution in [0.25, 0.3) is 0 Å². The standard InChI is InChI=1S/C10H11N3OS/c1-7-4-10(14)13(5-8(7)11)6-9-12-2-3-15-9/h2-5H,6,11H2,1H3. The van der Waals surface area contributed by atoms with Crippen LogP contribution in [0, 0.1) is 6.92 Å². The molecule has 0 fully saturated rings. The van der Waals surface area contributed by atoms with E-state index < -0.39 is 0 Å². The molecule has 0 unspecified atom stereocenters. The summed E-state index contributed by atoms with van der Waals surface area (Å²) in [6.45, 7) is 2.31. The van der Waals surface area contributed by atoms with Gasteiger partial charge in [0, 0.05) is 23.8 Å². The number of pyridine rings is 1. The van der Waals surface area contributed by atoms with Gasteiger partial charge in [0.1, 0.15) is 5.01 Å². The first-order chi connectivity index (χ1) is 7.16. The summed E-state index contributed by atoms with van der Waals surface area (Å²) in [5, 5.41) is 2.79. The molecule has 0 aliphatic carbocycles. The molecule has 0 saturated carbocycles. The second-order valence-corrected chi connectivity index (χ2v) is 4.28. The van der Waals surface area contributed by atoms with Crippen LogP contribution >= 0.6 is 11.3 Å². The number of rotatable bonds is 2. The summed E-state index contributed by atoms with van der Waals surface area (Å²) in [5.74, 6) is 0. The van der Waals surface area contributed by atoms with E-state index in [0.717, 1.165) is 10.6 Å². The third-order valence-electron chi connectivity index (χ3n) is 2.16. The van der Waals surface area contributed by atoms with Crippen LogP contribution in [-0.2, 0) is 6.54 Å². The van der Waals surface area contributed by atoms with E-state index in [1.165, 1.54) is 11.3 Å². The maximum absolute atomic E-state index is 11.6. The highest BCUT2D eigenvalue weighted by molar-refractivity contribution is 7.09. The molecule has 78 valence electrons. The van der Waals surface area contributed by atoms with Gasteiger partial charge in [-0.1, -0.05) is 0 Å². The summed E-state index contributed by atoms with van der Waals surface area (Å²) in [7, 11) is 0. The molecule has 2 heterocycles. The van der Waals surface area contributed by atoms with Gasteiger partial charge < -0.3 is 10.3 Å². The van der Waals surface area contributed by atoms with Crippen LogP contribution in [0.5, 0.6) is 0 Å². The van der Waals surface area contributed by atoms with Crippen molar-refractivity contribution in [2.75, 3.05) is 5.73 Å². The third kappa shape index (κ3) is 2.07. The Hall–Kier alpha value is -1.62. The largest absolute Gasteiger partial charge is 0.397 e. The molecule has 15 heavy (non-hydrogen) atoms. The van der Waals surface area contributed by atoms with Crippen LogP contribution in [0.3, 0.4) is 0 Å². The molecule has 0 aliphatic heterocycles. The van der Waals surface area contributed by atoms with Crippen LogP contribution in [0.15, 0.2) is 28.6 Å². The molecular weight excluding hydrogens is 210 g/mol. The minimum absolute atomic E-state index is 0.0445. The Balaban J connectivity index is 2.37. The monoisotopic (exact) mass is 221 g/mol. The van der Waals surface area contributed by atoms with Gasteiger partial charge in [-0.15, -0.1) is 11.3 Å². The molecule has 4 nitrogen and oxygen atoms in total. The van der Waals surface area contributed by atoms with Crippen LogP contribution in [0.2, 0.25) is 0 Å². The lowest BCUT2D eigenvalue weighted by atomic mass is 10.2. The van der Waals surface area contributed by atoms with E-state index in [-0.39, 0.29) is 5.56 Å². The Bertz CT molecular complexity index is 516. The number of nitrogen functional groups attached to an aromatic ring is 1. The number of aryl methyl sites for hydroxylation is 1. The summed E-state index contributed by atoms with van der Waals surface area (Å²) in [5.41, 5.74) is 7.14. The Labute approximate surface area is 91.0 Å². The molecule has 2 aromatic heterocycles. The summed E-state index contributed by atoms with van der Waals surface area (Å²) in [6, 6.07) is 1.54. The van der Waals surface area contributed by atoms with Crippen molar-refractivity contribution in [1.29, 1.82) is 0 Å². The third-order valence-corrected chi connectivity index (χ3v) is 2.93. The highest BCUT2D eigenvalue weighted by Crippen LogP contribution is 2.09. The van der Waals surface area contributed by atoms with Gasteiger partial charge in [-0.25, -0.2) is 4.98 Å². The van der Waals surface area contributed by atoms with Gasteiger partial charge in [0.2, 0.25) is 0 Å². The van der Waals surface area contributed by atoms with Crippen molar-refractivity contribution in [1.82, 2.24) is 9.55 Å². The van der Waals surface area contributed by atoms with Crippen LogP contribution in [0.1, 0.15) is 10.6 Å². The molecule has 2 aromatic rings. The first kappa shape index (κ1) is 9.92. The fraction of sp³-hybridized carbons (Fsp3) is 0.200. The van der Waals surface area contributed by atoms with Gasteiger partial charge in [0.05, 0.1) is 12.2 Å². The van der Waals surface area contributed by atoms with Crippen molar-refractivity contribution in [2.24, 2.45) is 0 Å². The molecule has 0 spiro atoms. The summed E-state index contributed by atoms with van der Waals surface area (Å²) in [6.07, 6.45) is 3.39. The fourth-order valence-corrected chi connectivity index (χ4v) is 1.90. The SMILES string of the molecule is Cc1cc(=O)n(Cc2nccs2)cc1N. The summed E-state index contributed by atoms with van der Waals surface area (Å²) < 4.78 is 1.57. The van der Waals surface area contributed by atoms with Crippen molar-refractivity contribution >= 4 is 17.0 Å². The van der Waals surface area contributed by atoms with Gasteiger partial charge in [-0.3, -0.25) is 4.79 Å². The Morgan fingerprint density at radius 2 is 2.40 bits per heavy atom. The van der Waals surface area contributed by atoms with Gasteiger partial charge in [0.25, 0.3) is 5.56 Å². The maximum Gasteiger partial charge on any atom is 0.251 e. The minimum atomic E-state index is -0.0445. The molecule has 0 aliphatic rings. The Kier molecular flexibility index (Phi) is 2.55. The highest BCUT2D eigenvalue weighted by Gasteiger charge is 2.02. The molecule has 2 rings (SSSR count). The molecular formula is C10H11N3OS. The first-order valence-corrected chi connectivity index (χ1v) is 5.40. The molecule has 0 amide bonds. The average molecular weight is 221 g/mol. The molecule has 0 aromatic carbocycles. The number of nitrogens with zero attached hydrogens (tertiary/aromatic N) is 2. The lowest BCUT2D eigenvalue weighted by Gasteiger charge is -2.06. The number of thiazole rings is 1. The molecule has 0 radical (unpaired) electrons. The highest BCUT2D eigenvalue weighted by atomic mass is 32.1. The van der Waals surface area contributed by atoms with Crippen molar-refractivity contribution in [3.63, 3.8) is 0 Å². The van der Waals surface area contributed by atoms with E-state index in [4.69, 9.17) is 5.73 Å². The predicted molar refractivity (Wildman–Crippen MR) is 61.1 cm³/mol. The average Bonchev–Trinajstić information content (AvgIpc) is 2.67. The molecule has 0 atom stereocenters. The number of nitrogens with two attached hydrogens (primary N) is 1. The van der Waals surface area contributed by atoms with E-state index in [0.29, 0.717) is 12.2 Å². The zero-order chi connectivity index (χ0) is 10.8. The molecule has 2 N–H and O–H groups in total. The lowest BCUT2D eigenvalue weighted by Crippen LogP contribution is -2.20. The predicted octanol–water partition coefficient (Wildman–Crippen LogP) is 1.24. The van der Waals surface area contributed by atoms with E-state index >= 15 is 0 Å². The second-order valence-electron chi connectivity index (χ2n) is 3.30. The number of hydrogen-bond acceptors (Lipinski definition) is 4. The normalized spacial score (nSPS) is 10.5. The van der Waals surface area contributed by atoms with Crippen LogP contribution in [0.4, 0.5) is 5.69 Å². The second kappa shape index (κ2) is 3.86. The lowest BCUT2D eigenvalue weighted by molar-refractivity contribution is 0.754. The number of aromatic nitrogens is 2. The molecule has 0 bridgehead atoms. The quantitative estimate of drug-likeness (QED) is 0.830. The van der Waals surface area contributed by atoms with E-state index in [2.05, 4.69) is 4.98 Å². The van der Waals surface area contributed by atoms with Crippen molar-refractivity contribution in [3.05, 3.63) is 44.8 Å². The fourth-order valence-electron chi connectivity index (χ4n) is 1.29. The van der Waals surface area contributed by atoms with Gasteiger partial charge in [-0.05, 0) is 12.5 Å². The Morgan fingerprint density at radius 3 is 3.07 bits per heavy atom. The zero-order valence-electron chi connectivity index (χ0n) is 8.30. The maximum atomic E-state index is 11.6. The van der Waals surface area contributed by atoms with Gasteiger partial charge >= 0.3 is 0 Å². The summed E-state index contributed by atoms with van der Waals surface area (Å²) in [4.78, 5) is 15.7. The van der Waals surface area contributed by atoms with Crippen molar-refractivity contribution in [2.45, 2.75) is 13.5 Å². The topological polar surface area (TPSA) is 60.9 Å². The minimum Gasteiger partial charge on any atom is -0.397 e. The van der Waals surface area contributed by atoms with Crippen LogP contribution < -0.4 is 11.3 Å². The molecule has 0 saturated heterocycles. The number of hydrogen-bond donors (Lipinski definition) is 1. The van der Waals surface area contributed by atoms with Gasteiger partial charge in [-0.2, -0.15) is 0 Å².